The van der Waals surface area contributed by atoms with Crippen LogP contribution in [0, 0.1) is 0 Å². The first-order valence-corrected chi connectivity index (χ1v) is 5.24. The average molecular weight is 225 g/mol. The lowest BCUT2D eigenvalue weighted by atomic mass is 10.2. The molecule has 0 aromatic carbocycles. The Bertz CT molecular complexity index is 305. The van der Waals surface area contributed by atoms with Crippen LogP contribution in [0.4, 0.5) is 0 Å². The molecular formula is C12H19NO3. The van der Waals surface area contributed by atoms with Crippen molar-refractivity contribution >= 4 is 11.9 Å². The van der Waals surface area contributed by atoms with Gasteiger partial charge in [-0.15, -0.1) is 0 Å². The summed E-state index contributed by atoms with van der Waals surface area (Å²) < 4.78 is 4.91. The van der Waals surface area contributed by atoms with Crippen LogP contribution < -0.4 is 5.73 Å². The summed E-state index contributed by atoms with van der Waals surface area (Å²) in [5.41, 5.74) is 6.04. The number of carbonyl (C=O) groups is 2. The van der Waals surface area contributed by atoms with E-state index < -0.39 is 5.91 Å². The van der Waals surface area contributed by atoms with Gasteiger partial charge in [0, 0.05) is 11.1 Å². The van der Waals surface area contributed by atoms with E-state index in [0.29, 0.717) is 17.8 Å². The first kappa shape index (κ1) is 14.4. The van der Waals surface area contributed by atoms with E-state index in [-0.39, 0.29) is 5.97 Å². The fourth-order valence-electron chi connectivity index (χ4n) is 0.954. The molecule has 16 heavy (non-hydrogen) atoms. The third-order valence-electron chi connectivity index (χ3n) is 2.02. The second kappa shape index (κ2) is 7.68. The number of nitrogens with two attached hydrogens (primary N) is 1. The van der Waals surface area contributed by atoms with Crippen LogP contribution in [0.2, 0.25) is 0 Å². The third-order valence-corrected chi connectivity index (χ3v) is 2.02. The Balaban J connectivity index is 3.55. The van der Waals surface area contributed by atoms with E-state index in [1.54, 1.807) is 19.9 Å². The van der Waals surface area contributed by atoms with E-state index in [1.807, 2.05) is 0 Å². The van der Waals surface area contributed by atoms with Crippen molar-refractivity contribution in [2.75, 3.05) is 6.61 Å². The van der Waals surface area contributed by atoms with Crippen LogP contribution in [0.15, 0.2) is 23.8 Å². The Hall–Kier alpha value is -1.58. The zero-order chi connectivity index (χ0) is 12.6. The largest absolute Gasteiger partial charge is 0.462 e. The molecule has 0 aromatic heterocycles. The van der Waals surface area contributed by atoms with Gasteiger partial charge in [-0.2, -0.15) is 0 Å². The minimum atomic E-state index is -0.395. The van der Waals surface area contributed by atoms with Gasteiger partial charge in [-0.05, 0) is 33.1 Å². The fourth-order valence-corrected chi connectivity index (χ4v) is 0.954. The lowest BCUT2D eigenvalue weighted by Gasteiger charge is -2.03. The van der Waals surface area contributed by atoms with Gasteiger partial charge in [-0.25, -0.2) is 4.79 Å². The number of carbonyl (C=O) groups excluding carboxylic acids is 2. The Labute approximate surface area is 96.2 Å². The summed E-state index contributed by atoms with van der Waals surface area (Å²) in [5, 5.41) is 0. The van der Waals surface area contributed by atoms with E-state index in [2.05, 4.69) is 6.58 Å². The van der Waals surface area contributed by atoms with E-state index in [4.69, 9.17) is 10.5 Å². The minimum Gasteiger partial charge on any atom is -0.462 e. The van der Waals surface area contributed by atoms with Gasteiger partial charge in [0.05, 0.1) is 6.61 Å². The lowest BCUT2D eigenvalue weighted by molar-refractivity contribution is -0.139. The van der Waals surface area contributed by atoms with Gasteiger partial charge in [0.15, 0.2) is 0 Å². The van der Waals surface area contributed by atoms with Crippen molar-refractivity contribution in [2.24, 2.45) is 5.73 Å². The zero-order valence-electron chi connectivity index (χ0n) is 9.91. The molecule has 0 aliphatic heterocycles. The van der Waals surface area contributed by atoms with Gasteiger partial charge < -0.3 is 10.5 Å². The van der Waals surface area contributed by atoms with Crippen LogP contribution in [0.1, 0.15) is 33.1 Å². The molecule has 0 aliphatic rings. The van der Waals surface area contributed by atoms with E-state index in [0.717, 1.165) is 19.3 Å². The highest BCUT2D eigenvalue weighted by Crippen LogP contribution is 2.02. The number of allylic oxidation sites excluding steroid dienone is 1. The monoisotopic (exact) mass is 225 g/mol. The predicted molar refractivity (Wildman–Crippen MR) is 62.6 cm³/mol. The Morgan fingerprint density at radius 2 is 1.94 bits per heavy atom. The topological polar surface area (TPSA) is 69.4 Å². The fraction of sp³-hybridized carbons (Fsp3) is 0.500. The molecule has 0 aliphatic carbocycles. The number of hydrogen-bond donors (Lipinski definition) is 1. The maximum Gasteiger partial charge on any atom is 0.333 e. The van der Waals surface area contributed by atoms with Gasteiger partial charge in [0.1, 0.15) is 0 Å². The predicted octanol–water partition coefficient (Wildman–Crippen LogP) is 1.71. The summed E-state index contributed by atoms with van der Waals surface area (Å²) in [6.45, 7) is 7.16. The van der Waals surface area contributed by atoms with E-state index in [9.17, 15) is 9.59 Å². The second-order valence-electron chi connectivity index (χ2n) is 3.66. The summed E-state index contributed by atoms with van der Waals surface area (Å²) in [6.07, 6.45) is 4.18. The normalized spacial score (nSPS) is 11.0. The van der Waals surface area contributed by atoms with Crippen LogP contribution in [-0.4, -0.2) is 18.5 Å². The molecule has 0 aromatic rings. The molecule has 0 saturated heterocycles. The van der Waals surface area contributed by atoms with Gasteiger partial charge in [0.25, 0.3) is 0 Å². The van der Waals surface area contributed by atoms with E-state index in [1.165, 1.54) is 0 Å². The number of rotatable bonds is 7. The molecule has 0 heterocycles. The smallest absolute Gasteiger partial charge is 0.333 e. The Morgan fingerprint density at radius 3 is 2.44 bits per heavy atom. The summed E-state index contributed by atoms with van der Waals surface area (Å²) in [4.78, 5) is 21.6. The summed E-state index contributed by atoms with van der Waals surface area (Å²) in [5.74, 6) is -0.752. The van der Waals surface area contributed by atoms with Crippen LogP contribution in [0.3, 0.4) is 0 Å². The number of amides is 1. The second-order valence-corrected chi connectivity index (χ2v) is 3.66. The van der Waals surface area contributed by atoms with Crippen LogP contribution in [0.5, 0.6) is 0 Å². The first-order chi connectivity index (χ1) is 7.45. The maximum absolute atomic E-state index is 11.0. The third kappa shape index (κ3) is 6.81. The molecule has 4 heteroatoms. The van der Waals surface area contributed by atoms with Crippen molar-refractivity contribution in [2.45, 2.75) is 33.1 Å². The Morgan fingerprint density at radius 1 is 1.31 bits per heavy atom. The van der Waals surface area contributed by atoms with Crippen molar-refractivity contribution < 1.29 is 14.3 Å². The van der Waals surface area contributed by atoms with Crippen molar-refractivity contribution in [3.05, 3.63) is 23.8 Å². The summed E-state index contributed by atoms with van der Waals surface area (Å²) in [7, 11) is 0. The van der Waals surface area contributed by atoms with Crippen molar-refractivity contribution in [1.82, 2.24) is 0 Å². The number of esters is 1. The summed E-state index contributed by atoms with van der Waals surface area (Å²) >= 11 is 0. The van der Waals surface area contributed by atoms with E-state index >= 15 is 0 Å². The maximum atomic E-state index is 11.0. The number of hydrogen-bond acceptors (Lipinski definition) is 3. The standard InChI is InChI=1S/C12H19NO3/c1-9(2)12(15)16-8-6-4-5-7-10(3)11(13)14/h7H,1,4-6,8H2,2-3H3,(H2,13,14). The minimum absolute atomic E-state index is 0.358. The molecule has 90 valence electrons. The van der Waals surface area contributed by atoms with Crippen molar-refractivity contribution in [1.29, 1.82) is 0 Å². The lowest BCUT2D eigenvalue weighted by Crippen LogP contribution is -2.11. The van der Waals surface area contributed by atoms with Gasteiger partial charge in [-0.1, -0.05) is 12.7 Å². The highest BCUT2D eigenvalue weighted by atomic mass is 16.5. The van der Waals surface area contributed by atoms with Gasteiger partial charge in [0.2, 0.25) is 5.91 Å². The highest BCUT2D eigenvalue weighted by molar-refractivity contribution is 5.91. The molecule has 1 amide bonds. The summed E-state index contributed by atoms with van der Waals surface area (Å²) in [6, 6.07) is 0. The molecule has 0 rings (SSSR count). The molecule has 0 saturated carbocycles. The van der Waals surface area contributed by atoms with Gasteiger partial charge >= 0.3 is 5.97 Å². The van der Waals surface area contributed by atoms with Crippen LogP contribution in [0.25, 0.3) is 0 Å². The first-order valence-electron chi connectivity index (χ1n) is 5.24. The molecule has 0 fully saturated rings. The molecule has 0 unspecified atom stereocenters. The molecule has 0 radical (unpaired) electrons. The van der Waals surface area contributed by atoms with Gasteiger partial charge in [-0.3, -0.25) is 4.79 Å². The molecule has 0 spiro atoms. The number of primary amides is 1. The number of ether oxygens (including phenoxy) is 1. The Kier molecular flexibility index (Phi) is 6.92. The molecule has 4 nitrogen and oxygen atoms in total. The molecule has 0 bridgehead atoms. The number of unbranched alkanes of at least 4 members (excludes halogenated alkanes) is 2. The molecular weight excluding hydrogens is 206 g/mol. The average Bonchev–Trinajstić information content (AvgIpc) is 2.21. The van der Waals surface area contributed by atoms with Crippen LogP contribution in [-0.2, 0) is 14.3 Å². The molecule has 2 N–H and O–H groups in total. The quantitative estimate of drug-likeness (QED) is 0.407. The van der Waals surface area contributed by atoms with Crippen molar-refractivity contribution in [3.63, 3.8) is 0 Å². The highest BCUT2D eigenvalue weighted by Gasteiger charge is 2.01. The SMILES string of the molecule is C=C(C)C(=O)OCCCCC=C(C)C(N)=O. The van der Waals surface area contributed by atoms with Crippen LogP contribution >= 0.6 is 0 Å². The zero-order valence-corrected chi connectivity index (χ0v) is 9.91. The molecule has 0 atom stereocenters. The van der Waals surface area contributed by atoms with Crippen molar-refractivity contribution in [3.8, 4) is 0 Å².